The van der Waals surface area contributed by atoms with E-state index >= 15 is 0 Å². The molecule has 2 atom stereocenters. The van der Waals surface area contributed by atoms with Gasteiger partial charge in [0.25, 0.3) is 0 Å². The summed E-state index contributed by atoms with van der Waals surface area (Å²) in [7, 11) is 0. The van der Waals surface area contributed by atoms with Crippen LogP contribution in [0.4, 0.5) is 4.79 Å². The number of carbonyl (C=O) groups excluding carboxylic acids is 1. The average Bonchev–Trinajstić information content (AvgIpc) is 3.37. The number of nitrogens with one attached hydrogen (secondary N) is 1. The molecular weight excluding hydrogens is 416 g/mol. The lowest BCUT2D eigenvalue weighted by Crippen LogP contribution is -2.39. The molecule has 1 heterocycles. The Morgan fingerprint density at radius 1 is 0.853 bits per heavy atom. The Balaban J connectivity index is 1.07. The van der Waals surface area contributed by atoms with Crippen LogP contribution in [0.15, 0.2) is 72.8 Å². The number of rotatable bonds is 6. The second-order valence-electron chi connectivity index (χ2n) is 10.5. The summed E-state index contributed by atoms with van der Waals surface area (Å²) in [5.74, 6) is 2.28. The summed E-state index contributed by atoms with van der Waals surface area (Å²) in [4.78, 5) is 15.0. The molecule has 0 radical (unpaired) electrons. The Labute approximate surface area is 204 Å². The molecule has 1 aliphatic heterocycles. The maximum Gasteiger partial charge on any atom is 0.317 e. The summed E-state index contributed by atoms with van der Waals surface area (Å²) < 4.78 is 0. The van der Waals surface area contributed by atoms with Crippen LogP contribution < -0.4 is 5.32 Å². The zero-order chi connectivity index (χ0) is 23.3. The van der Waals surface area contributed by atoms with Crippen molar-refractivity contribution < 1.29 is 4.79 Å². The number of nitrogens with zero attached hydrogens (tertiary/aromatic N) is 1. The molecule has 0 aromatic heterocycles. The highest BCUT2D eigenvalue weighted by Crippen LogP contribution is 2.38. The van der Waals surface area contributed by atoms with Crippen molar-refractivity contribution in [2.45, 2.75) is 63.8 Å². The third-order valence-electron chi connectivity index (χ3n) is 8.30. The maximum atomic E-state index is 13.0. The molecule has 1 unspecified atom stereocenters. The molecule has 2 aliphatic rings. The molecule has 1 saturated carbocycles. The molecule has 2 fully saturated rings. The Morgan fingerprint density at radius 3 is 2.38 bits per heavy atom. The van der Waals surface area contributed by atoms with Gasteiger partial charge in [0.15, 0.2) is 0 Å². The van der Waals surface area contributed by atoms with Gasteiger partial charge in [-0.05, 0) is 85.1 Å². The summed E-state index contributed by atoms with van der Waals surface area (Å²) in [5.41, 5.74) is 2.71. The fourth-order valence-electron chi connectivity index (χ4n) is 6.22. The van der Waals surface area contributed by atoms with E-state index in [1.165, 1.54) is 60.4 Å². The van der Waals surface area contributed by atoms with Crippen LogP contribution in [-0.2, 0) is 0 Å². The highest BCUT2D eigenvalue weighted by Gasteiger charge is 2.29. The van der Waals surface area contributed by atoms with Crippen molar-refractivity contribution in [1.82, 2.24) is 10.2 Å². The number of carbonyl (C=O) groups is 1. The molecule has 3 aromatic rings. The Bertz CT molecular complexity index is 1080. The van der Waals surface area contributed by atoms with Crippen molar-refractivity contribution in [3.05, 3.63) is 83.9 Å². The standard InChI is InChI=1S/C31H38N2O/c1-23(29-13-7-11-28-10-5-6-12-30(28)29)32-31(34)33-21-20-25(22-33)15-14-24-16-18-27(19-17-24)26-8-3-2-4-9-26/h2-13,23-25,27H,14-22H2,1H3,(H,32,34)/t23-,24?,25?,27?/m1/s1. The number of urea groups is 1. The fourth-order valence-corrected chi connectivity index (χ4v) is 6.22. The van der Waals surface area contributed by atoms with E-state index in [0.29, 0.717) is 5.92 Å². The topological polar surface area (TPSA) is 32.3 Å². The van der Waals surface area contributed by atoms with Gasteiger partial charge in [-0.25, -0.2) is 4.79 Å². The molecule has 178 valence electrons. The van der Waals surface area contributed by atoms with Crippen molar-refractivity contribution in [2.24, 2.45) is 11.8 Å². The van der Waals surface area contributed by atoms with Crippen LogP contribution in [0.1, 0.15) is 75.0 Å². The number of likely N-dealkylation sites (tertiary alicyclic amines) is 1. The minimum atomic E-state index is -0.00236. The van der Waals surface area contributed by atoms with E-state index in [0.717, 1.165) is 31.3 Å². The highest BCUT2D eigenvalue weighted by molar-refractivity contribution is 5.86. The van der Waals surface area contributed by atoms with E-state index in [2.05, 4.69) is 85.0 Å². The van der Waals surface area contributed by atoms with Crippen LogP contribution >= 0.6 is 0 Å². The molecule has 2 amide bonds. The lowest BCUT2D eigenvalue weighted by molar-refractivity contribution is 0.202. The summed E-state index contributed by atoms with van der Waals surface area (Å²) in [6, 6.07) is 25.9. The smallest absolute Gasteiger partial charge is 0.317 e. The number of fused-ring (bicyclic) bond motifs is 1. The van der Waals surface area contributed by atoms with Crippen molar-refractivity contribution >= 4 is 16.8 Å². The van der Waals surface area contributed by atoms with Crippen LogP contribution in [0.25, 0.3) is 10.8 Å². The Morgan fingerprint density at radius 2 is 1.56 bits per heavy atom. The van der Waals surface area contributed by atoms with Gasteiger partial charge in [0, 0.05) is 13.1 Å². The zero-order valence-electron chi connectivity index (χ0n) is 20.5. The van der Waals surface area contributed by atoms with Crippen LogP contribution in [0.5, 0.6) is 0 Å². The van der Waals surface area contributed by atoms with Gasteiger partial charge in [-0.3, -0.25) is 0 Å². The van der Waals surface area contributed by atoms with Crippen molar-refractivity contribution in [1.29, 1.82) is 0 Å². The van der Waals surface area contributed by atoms with Gasteiger partial charge >= 0.3 is 6.03 Å². The quantitative estimate of drug-likeness (QED) is 0.407. The van der Waals surface area contributed by atoms with Gasteiger partial charge < -0.3 is 10.2 Å². The molecular formula is C31H38N2O. The monoisotopic (exact) mass is 454 g/mol. The number of amides is 2. The minimum absolute atomic E-state index is 0.00236. The first-order valence-corrected chi connectivity index (χ1v) is 13.3. The van der Waals surface area contributed by atoms with E-state index in [-0.39, 0.29) is 12.1 Å². The van der Waals surface area contributed by atoms with E-state index in [1.807, 2.05) is 4.90 Å². The molecule has 1 aliphatic carbocycles. The highest BCUT2D eigenvalue weighted by atomic mass is 16.2. The van der Waals surface area contributed by atoms with Gasteiger partial charge in [-0.15, -0.1) is 0 Å². The van der Waals surface area contributed by atoms with E-state index in [9.17, 15) is 4.79 Å². The van der Waals surface area contributed by atoms with Crippen molar-refractivity contribution in [3.63, 3.8) is 0 Å². The lowest BCUT2D eigenvalue weighted by Gasteiger charge is -2.29. The van der Waals surface area contributed by atoms with Crippen molar-refractivity contribution in [2.75, 3.05) is 13.1 Å². The Kier molecular flexibility index (Phi) is 7.18. The summed E-state index contributed by atoms with van der Waals surface area (Å²) >= 11 is 0. The van der Waals surface area contributed by atoms with Gasteiger partial charge in [-0.1, -0.05) is 79.2 Å². The first-order chi connectivity index (χ1) is 16.7. The van der Waals surface area contributed by atoms with Gasteiger partial charge in [0.05, 0.1) is 6.04 Å². The molecule has 0 bridgehead atoms. The van der Waals surface area contributed by atoms with Crippen LogP contribution in [-0.4, -0.2) is 24.0 Å². The molecule has 1 saturated heterocycles. The maximum absolute atomic E-state index is 13.0. The first-order valence-electron chi connectivity index (χ1n) is 13.3. The van der Waals surface area contributed by atoms with E-state index < -0.39 is 0 Å². The van der Waals surface area contributed by atoms with Crippen molar-refractivity contribution in [3.8, 4) is 0 Å². The minimum Gasteiger partial charge on any atom is -0.331 e. The van der Waals surface area contributed by atoms with Crippen LogP contribution in [0.2, 0.25) is 0 Å². The van der Waals surface area contributed by atoms with E-state index in [1.54, 1.807) is 0 Å². The normalized spacial score (nSPS) is 23.7. The van der Waals surface area contributed by atoms with Gasteiger partial charge in [0.2, 0.25) is 0 Å². The summed E-state index contributed by atoms with van der Waals surface area (Å²) in [6.07, 6.45) is 9.13. The largest absolute Gasteiger partial charge is 0.331 e. The average molecular weight is 455 g/mol. The Hall–Kier alpha value is -2.81. The molecule has 34 heavy (non-hydrogen) atoms. The molecule has 3 heteroatoms. The molecule has 3 nitrogen and oxygen atoms in total. The van der Waals surface area contributed by atoms with Crippen LogP contribution in [0, 0.1) is 11.8 Å². The summed E-state index contributed by atoms with van der Waals surface area (Å²) in [6.45, 7) is 3.89. The second kappa shape index (κ2) is 10.6. The lowest BCUT2D eigenvalue weighted by atomic mass is 9.76. The third-order valence-corrected chi connectivity index (χ3v) is 8.30. The third kappa shape index (κ3) is 5.29. The zero-order valence-corrected chi connectivity index (χ0v) is 20.5. The number of hydrogen-bond donors (Lipinski definition) is 1. The fraction of sp³-hybridized carbons (Fsp3) is 0.452. The van der Waals surface area contributed by atoms with E-state index in [4.69, 9.17) is 0 Å². The predicted octanol–water partition coefficient (Wildman–Crippen LogP) is 7.69. The van der Waals surface area contributed by atoms with Gasteiger partial charge in [0.1, 0.15) is 0 Å². The second-order valence-corrected chi connectivity index (χ2v) is 10.5. The molecule has 1 N–H and O–H groups in total. The SMILES string of the molecule is C[C@@H](NC(=O)N1CCC(CCC2CCC(c3ccccc3)CC2)C1)c1cccc2ccccc12. The summed E-state index contributed by atoms with van der Waals surface area (Å²) in [5, 5.41) is 5.71. The number of hydrogen-bond acceptors (Lipinski definition) is 1. The molecule has 0 spiro atoms. The molecule has 5 rings (SSSR count). The predicted molar refractivity (Wildman–Crippen MR) is 141 cm³/mol. The number of benzene rings is 3. The first kappa shape index (κ1) is 23.0. The molecule has 3 aromatic carbocycles. The van der Waals surface area contributed by atoms with Gasteiger partial charge in [-0.2, -0.15) is 0 Å². The van der Waals surface area contributed by atoms with Crippen LogP contribution in [0.3, 0.4) is 0 Å².